The first-order chi connectivity index (χ1) is 10.9. The van der Waals surface area contributed by atoms with E-state index in [9.17, 15) is 9.59 Å². The lowest BCUT2D eigenvalue weighted by Gasteiger charge is -2.23. The van der Waals surface area contributed by atoms with Crippen molar-refractivity contribution in [3.8, 4) is 0 Å². The Labute approximate surface area is 144 Å². The van der Waals surface area contributed by atoms with Gasteiger partial charge in [0.05, 0.1) is 0 Å². The normalized spacial score (nSPS) is 12.3. The zero-order valence-corrected chi connectivity index (χ0v) is 15.1. The van der Waals surface area contributed by atoms with Crippen molar-refractivity contribution in [2.75, 3.05) is 6.54 Å². The molecule has 1 aromatic carbocycles. The zero-order valence-electron chi connectivity index (χ0n) is 14.4. The van der Waals surface area contributed by atoms with Crippen LogP contribution in [0, 0.1) is 11.8 Å². The monoisotopic (exact) mass is 338 g/mol. The molecule has 0 saturated carbocycles. The maximum Gasteiger partial charge on any atom is 0.251 e. The topological polar surface area (TPSA) is 58.2 Å². The van der Waals surface area contributed by atoms with E-state index in [0.717, 1.165) is 12.8 Å². The van der Waals surface area contributed by atoms with Crippen LogP contribution in [0.15, 0.2) is 24.3 Å². The summed E-state index contributed by atoms with van der Waals surface area (Å²) >= 11 is 5.83. The lowest BCUT2D eigenvalue weighted by molar-refractivity contribution is -0.124. The summed E-state index contributed by atoms with van der Waals surface area (Å²) in [7, 11) is 0. The first kappa shape index (κ1) is 19.5. The van der Waals surface area contributed by atoms with Crippen molar-refractivity contribution in [3.05, 3.63) is 34.9 Å². The quantitative estimate of drug-likeness (QED) is 0.760. The van der Waals surface area contributed by atoms with Gasteiger partial charge in [-0.2, -0.15) is 0 Å². The predicted octanol–water partition coefficient (Wildman–Crippen LogP) is 3.65. The first-order valence-corrected chi connectivity index (χ1v) is 8.60. The van der Waals surface area contributed by atoms with Crippen molar-refractivity contribution >= 4 is 23.4 Å². The van der Waals surface area contributed by atoms with Crippen molar-refractivity contribution in [1.29, 1.82) is 0 Å². The Balaban J connectivity index is 2.68. The summed E-state index contributed by atoms with van der Waals surface area (Å²) < 4.78 is 0. The Bertz CT molecular complexity index is 510. The molecule has 5 heteroatoms. The van der Waals surface area contributed by atoms with Crippen LogP contribution in [0.25, 0.3) is 0 Å². The zero-order chi connectivity index (χ0) is 17.4. The summed E-state index contributed by atoms with van der Waals surface area (Å²) in [6, 6.07) is 6.07. The summed E-state index contributed by atoms with van der Waals surface area (Å²) in [4.78, 5) is 24.7. The van der Waals surface area contributed by atoms with Gasteiger partial charge in [0.1, 0.15) is 6.04 Å². The maximum absolute atomic E-state index is 12.4. The van der Waals surface area contributed by atoms with Crippen LogP contribution in [-0.2, 0) is 4.79 Å². The molecule has 0 saturated heterocycles. The number of halogens is 1. The molecular weight excluding hydrogens is 312 g/mol. The Kier molecular flexibility index (Phi) is 8.10. The Hall–Kier alpha value is -1.55. The summed E-state index contributed by atoms with van der Waals surface area (Å²) in [6.07, 6.45) is 2.06. The van der Waals surface area contributed by atoms with Gasteiger partial charge >= 0.3 is 0 Å². The van der Waals surface area contributed by atoms with Crippen molar-refractivity contribution in [1.82, 2.24) is 10.6 Å². The third-order valence-corrected chi connectivity index (χ3v) is 4.31. The van der Waals surface area contributed by atoms with E-state index in [0.29, 0.717) is 23.0 Å². The molecule has 2 N–H and O–H groups in total. The Morgan fingerprint density at radius 1 is 1.09 bits per heavy atom. The lowest BCUT2D eigenvalue weighted by Crippen LogP contribution is -2.50. The standard InChI is InChI=1S/C18H27ClN2O2/c1-5-13(6-2)11-20-18(23)16(12(3)4)21-17(22)14-7-9-15(19)10-8-14/h7-10,12-13,16H,5-6,11H2,1-4H3,(H,20,23)(H,21,22). The largest absolute Gasteiger partial charge is 0.354 e. The minimum absolute atomic E-state index is 0.00736. The van der Waals surface area contributed by atoms with Gasteiger partial charge in [0.15, 0.2) is 0 Å². The second kappa shape index (κ2) is 9.56. The molecule has 0 spiro atoms. The van der Waals surface area contributed by atoms with Gasteiger partial charge in [0.2, 0.25) is 5.91 Å². The molecule has 0 aliphatic rings. The molecule has 1 unspecified atom stereocenters. The highest BCUT2D eigenvalue weighted by Gasteiger charge is 2.24. The fraction of sp³-hybridized carbons (Fsp3) is 0.556. The fourth-order valence-corrected chi connectivity index (χ4v) is 2.42. The van der Waals surface area contributed by atoms with Gasteiger partial charge in [-0.05, 0) is 36.1 Å². The van der Waals surface area contributed by atoms with E-state index in [4.69, 9.17) is 11.6 Å². The number of hydrogen-bond acceptors (Lipinski definition) is 2. The molecule has 0 aliphatic heterocycles. The number of rotatable bonds is 8. The summed E-state index contributed by atoms with van der Waals surface area (Å²) in [5, 5.41) is 6.35. The number of benzene rings is 1. The Morgan fingerprint density at radius 3 is 2.13 bits per heavy atom. The molecule has 0 fully saturated rings. The summed E-state index contributed by atoms with van der Waals surface area (Å²) in [5.74, 6) is 0.0824. The van der Waals surface area contributed by atoms with Crippen LogP contribution in [0.3, 0.4) is 0 Å². The number of hydrogen-bond donors (Lipinski definition) is 2. The summed E-state index contributed by atoms with van der Waals surface area (Å²) in [5.41, 5.74) is 0.493. The SMILES string of the molecule is CCC(CC)CNC(=O)C(NC(=O)c1ccc(Cl)cc1)C(C)C. The highest BCUT2D eigenvalue weighted by Crippen LogP contribution is 2.11. The molecule has 0 bridgehead atoms. The molecule has 4 nitrogen and oxygen atoms in total. The van der Waals surface area contributed by atoms with Crippen LogP contribution in [0.5, 0.6) is 0 Å². The molecular formula is C18H27ClN2O2. The number of amides is 2. The smallest absolute Gasteiger partial charge is 0.251 e. The predicted molar refractivity (Wildman–Crippen MR) is 94.6 cm³/mol. The van der Waals surface area contributed by atoms with Crippen molar-refractivity contribution in [3.63, 3.8) is 0 Å². The average molecular weight is 339 g/mol. The van der Waals surface area contributed by atoms with E-state index < -0.39 is 6.04 Å². The number of nitrogens with one attached hydrogen (secondary N) is 2. The second-order valence-corrected chi connectivity index (χ2v) is 6.57. The van der Waals surface area contributed by atoms with Crippen LogP contribution in [0.4, 0.5) is 0 Å². The first-order valence-electron chi connectivity index (χ1n) is 8.23. The highest BCUT2D eigenvalue weighted by molar-refractivity contribution is 6.30. The minimum Gasteiger partial charge on any atom is -0.354 e. The van der Waals surface area contributed by atoms with Crippen LogP contribution in [-0.4, -0.2) is 24.4 Å². The van der Waals surface area contributed by atoms with E-state index in [1.54, 1.807) is 24.3 Å². The molecule has 1 aromatic rings. The van der Waals surface area contributed by atoms with E-state index in [2.05, 4.69) is 24.5 Å². The Morgan fingerprint density at radius 2 is 1.65 bits per heavy atom. The minimum atomic E-state index is -0.549. The summed E-state index contributed by atoms with van der Waals surface area (Å²) in [6.45, 7) is 8.71. The fourth-order valence-electron chi connectivity index (χ4n) is 2.29. The molecule has 23 heavy (non-hydrogen) atoms. The molecule has 0 aliphatic carbocycles. The van der Waals surface area contributed by atoms with Crippen LogP contribution < -0.4 is 10.6 Å². The van der Waals surface area contributed by atoms with Crippen molar-refractivity contribution in [2.45, 2.75) is 46.6 Å². The second-order valence-electron chi connectivity index (χ2n) is 6.13. The van der Waals surface area contributed by atoms with E-state index in [1.165, 1.54) is 0 Å². The molecule has 0 aromatic heterocycles. The van der Waals surface area contributed by atoms with Crippen LogP contribution >= 0.6 is 11.6 Å². The molecule has 2 amide bonds. The number of carbonyl (C=O) groups excluding carboxylic acids is 2. The van der Waals surface area contributed by atoms with E-state index in [1.807, 2.05) is 13.8 Å². The maximum atomic E-state index is 12.4. The van der Waals surface area contributed by atoms with Gasteiger partial charge in [-0.15, -0.1) is 0 Å². The van der Waals surface area contributed by atoms with E-state index >= 15 is 0 Å². The van der Waals surface area contributed by atoms with Crippen LogP contribution in [0.2, 0.25) is 5.02 Å². The third kappa shape index (κ3) is 6.22. The molecule has 128 valence electrons. The van der Waals surface area contributed by atoms with Gasteiger partial charge in [0, 0.05) is 17.1 Å². The average Bonchev–Trinajstić information content (AvgIpc) is 2.53. The molecule has 0 heterocycles. The van der Waals surface area contributed by atoms with Crippen molar-refractivity contribution < 1.29 is 9.59 Å². The van der Waals surface area contributed by atoms with Gasteiger partial charge < -0.3 is 10.6 Å². The van der Waals surface area contributed by atoms with Gasteiger partial charge in [-0.3, -0.25) is 9.59 Å². The number of carbonyl (C=O) groups is 2. The van der Waals surface area contributed by atoms with Gasteiger partial charge in [0.25, 0.3) is 5.91 Å². The van der Waals surface area contributed by atoms with Gasteiger partial charge in [-0.1, -0.05) is 52.1 Å². The van der Waals surface area contributed by atoms with Crippen molar-refractivity contribution in [2.24, 2.45) is 11.8 Å². The molecule has 1 atom stereocenters. The molecule has 0 radical (unpaired) electrons. The van der Waals surface area contributed by atoms with E-state index in [-0.39, 0.29) is 17.7 Å². The third-order valence-electron chi connectivity index (χ3n) is 4.06. The highest BCUT2D eigenvalue weighted by atomic mass is 35.5. The molecule has 1 rings (SSSR count). The van der Waals surface area contributed by atoms with Crippen LogP contribution in [0.1, 0.15) is 50.9 Å². The lowest BCUT2D eigenvalue weighted by atomic mass is 10.0. The van der Waals surface area contributed by atoms with Gasteiger partial charge in [-0.25, -0.2) is 0 Å².